The van der Waals surface area contributed by atoms with Gasteiger partial charge < -0.3 is 27.0 Å². The summed E-state index contributed by atoms with van der Waals surface area (Å²) in [6.07, 6.45) is 5.39. The predicted octanol–water partition coefficient (Wildman–Crippen LogP) is 2.23. The van der Waals surface area contributed by atoms with Crippen molar-refractivity contribution in [2.45, 2.75) is 27.7 Å². The number of fused-ring (bicyclic) bond motifs is 2. The van der Waals surface area contributed by atoms with Crippen LogP contribution >= 0.6 is 0 Å². The summed E-state index contributed by atoms with van der Waals surface area (Å²) in [5.41, 5.74) is 5.28. The van der Waals surface area contributed by atoms with Crippen LogP contribution in [0.5, 0.6) is 0 Å². The quantitative estimate of drug-likeness (QED) is 0.222. The normalized spacial score (nSPS) is 10.6. The van der Waals surface area contributed by atoms with Gasteiger partial charge in [-0.3, -0.25) is 4.79 Å². The van der Waals surface area contributed by atoms with Crippen molar-refractivity contribution < 1.29 is 21.6 Å². The van der Waals surface area contributed by atoms with Crippen LogP contribution in [0.2, 0.25) is 0 Å². The number of carbonyl (C=O) groups is 1. The van der Waals surface area contributed by atoms with Gasteiger partial charge in [0, 0.05) is 53.0 Å². The summed E-state index contributed by atoms with van der Waals surface area (Å²) < 4.78 is 8.85. The summed E-state index contributed by atoms with van der Waals surface area (Å²) in [5, 5.41) is 4.90. The van der Waals surface area contributed by atoms with Crippen molar-refractivity contribution in [3.8, 4) is 34.8 Å². The van der Waals surface area contributed by atoms with Gasteiger partial charge in [0.2, 0.25) is 5.36 Å². The largest absolute Gasteiger partial charge is 1.00 e. The van der Waals surface area contributed by atoms with E-state index in [0.29, 0.717) is 5.56 Å². The highest BCUT2D eigenvalue weighted by Gasteiger charge is 2.22. The number of hydrogen-bond donors (Lipinski definition) is 1. The molecule has 6 heteroatoms. The highest BCUT2D eigenvalue weighted by molar-refractivity contribution is 6.09. The Morgan fingerprint density at radius 1 is 0.973 bits per heavy atom. The molecular weight excluding hydrogens is 482 g/mol. The second-order valence-corrected chi connectivity index (χ2v) is 8.61. The lowest BCUT2D eigenvalue weighted by Gasteiger charge is -2.22. The second-order valence-electron chi connectivity index (χ2n) is 8.61. The van der Waals surface area contributed by atoms with Gasteiger partial charge in [-0.2, -0.15) is 0 Å². The van der Waals surface area contributed by atoms with Crippen LogP contribution in [0.3, 0.4) is 0 Å². The van der Waals surface area contributed by atoms with Crippen molar-refractivity contribution in [2.24, 2.45) is 0 Å². The smallest absolute Gasteiger partial charge is 0.252 e. The van der Waals surface area contributed by atoms with E-state index in [4.69, 9.17) is 10.8 Å². The maximum absolute atomic E-state index is 13.1. The summed E-state index contributed by atoms with van der Waals surface area (Å²) in [6.45, 7) is 12.4. The maximum Gasteiger partial charge on any atom is 0.252 e. The van der Waals surface area contributed by atoms with E-state index >= 15 is 0 Å². The fourth-order valence-corrected chi connectivity index (χ4v) is 4.85. The molecule has 1 heterocycles. The third-order valence-electron chi connectivity index (χ3n) is 6.74. The number of terminal acetylenes is 1. The van der Waals surface area contributed by atoms with Crippen molar-refractivity contribution in [2.75, 3.05) is 37.6 Å². The molecule has 0 aromatic heterocycles. The molecule has 0 fully saturated rings. The van der Waals surface area contributed by atoms with Crippen molar-refractivity contribution in [3.05, 3.63) is 71.6 Å². The van der Waals surface area contributed by atoms with E-state index < -0.39 is 0 Å². The summed E-state index contributed by atoms with van der Waals surface area (Å²) in [5.74, 6) is 3.09. The predicted molar refractivity (Wildman–Crippen MR) is 149 cm³/mol. The zero-order chi connectivity index (χ0) is 25.7. The van der Waals surface area contributed by atoms with Gasteiger partial charge in [-0.25, -0.2) is 4.58 Å². The number of carbonyl (C=O) groups excluding carboxylic acids is 1. The molecular formula is C31H34ClN3O2. The number of nitrogens with zero attached hydrogens (tertiary/aromatic N) is 2. The molecule has 1 aliphatic heterocycles. The van der Waals surface area contributed by atoms with Crippen LogP contribution in [0, 0.1) is 12.3 Å². The molecule has 0 bridgehead atoms. The first-order valence-corrected chi connectivity index (χ1v) is 12.7. The topological polar surface area (TPSA) is 48.5 Å². The van der Waals surface area contributed by atoms with E-state index in [1.165, 1.54) is 0 Å². The van der Waals surface area contributed by atoms with Gasteiger partial charge in [-0.05, 0) is 57.5 Å². The number of rotatable bonds is 8. The molecule has 1 N–H and O–H groups in total. The van der Waals surface area contributed by atoms with Crippen molar-refractivity contribution in [3.63, 3.8) is 0 Å². The van der Waals surface area contributed by atoms with Crippen molar-refractivity contribution >= 4 is 22.6 Å². The van der Waals surface area contributed by atoms with E-state index in [9.17, 15) is 4.79 Å². The molecule has 4 rings (SSSR count). The Morgan fingerprint density at radius 3 is 2.38 bits per heavy atom. The molecule has 0 spiro atoms. The molecule has 1 aliphatic carbocycles. The monoisotopic (exact) mass is 515 g/mol. The summed E-state index contributed by atoms with van der Waals surface area (Å²) in [7, 11) is 0. The van der Waals surface area contributed by atoms with Crippen LogP contribution in [-0.4, -0.2) is 38.6 Å². The summed E-state index contributed by atoms with van der Waals surface area (Å²) >= 11 is 0. The first-order valence-electron chi connectivity index (χ1n) is 12.7. The number of nitrogens with one attached hydrogen (secondary N) is 1. The molecule has 2 aromatic carbocycles. The van der Waals surface area contributed by atoms with E-state index in [1.807, 2.05) is 24.3 Å². The Labute approximate surface area is 225 Å². The molecule has 0 saturated heterocycles. The zero-order valence-corrected chi connectivity index (χ0v) is 22.7. The maximum atomic E-state index is 13.1. The van der Waals surface area contributed by atoms with E-state index in [1.54, 1.807) is 0 Å². The molecule has 2 aromatic rings. The van der Waals surface area contributed by atoms with E-state index in [-0.39, 0.29) is 24.9 Å². The minimum Gasteiger partial charge on any atom is -1.00 e. The third-order valence-corrected chi connectivity index (χ3v) is 6.74. The molecule has 0 atom stereocenters. The number of anilines is 1. The van der Waals surface area contributed by atoms with Gasteiger partial charge in [0.05, 0.1) is 12.6 Å². The minimum absolute atomic E-state index is 0. The fraction of sp³-hybridized carbons (Fsp3) is 0.290. The van der Waals surface area contributed by atoms with Crippen LogP contribution < -0.4 is 32.6 Å². The standard InChI is InChI=1S/C31H33N3O2.ClH/c1-6-19-32-31(35)25-14-12-11-13-24(25)30-26-17-15-22(33(7-2)8-3)20-28(26)36-29-21-23(16-18-27(29)30)34(9-4)10-5;/h1,11-18,20-21H,7-10,19H2,2-5H3;1H. The second kappa shape index (κ2) is 12.5. The average Bonchev–Trinajstić information content (AvgIpc) is 2.91. The lowest BCUT2D eigenvalue weighted by Crippen LogP contribution is -3.00. The Morgan fingerprint density at radius 2 is 1.70 bits per heavy atom. The SMILES string of the molecule is C#CCNC(=O)c1ccccc1-c1c2ccc(=[N+](CC)CC)cc-2oc2cc(N(CC)CC)ccc12.[Cl-]. The van der Waals surface area contributed by atoms with Crippen LogP contribution in [0.4, 0.5) is 5.69 Å². The van der Waals surface area contributed by atoms with E-state index in [0.717, 1.165) is 70.6 Å². The molecule has 0 unspecified atom stereocenters. The molecule has 2 aliphatic rings. The van der Waals surface area contributed by atoms with Crippen molar-refractivity contribution in [1.82, 2.24) is 9.89 Å². The number of halogens is 1. The van der Waals surface area contributed by atoms with Crippen molar-refractivity contribution in [1.29, 1.82) is 0 Å². The highest BCUT2D eigenvalue weighted by Crippen LogP contribution is 2.42. The minimum atomic E-state index is -0.190. The Bertz CT molecular complexity index is 1470. The molecule has 37 heavy (non-hydrogen) atoms. The molecule has 0 saturated carbocycles. The molecule has 0 radical (unpaired) electrons. The summed E-state index contributed by atoms with van der Waals surface area (Å²) in [6, 6.07) is 20.4. The van der Waals surface area contributed by atoms with E-state index in [2.05, 4.69) is 84.8 Å². The lowest BCUT2D eigenvalue weighted by molar-refractivity contribution is -0.0000161. The number of benzene rings is 3. The van der Waals surface area contributed by atoms with Gasteiger partial charge >= 0.3 is 0 Å². The van der Waals surface area contributed by atoms with Crippen LogP contribution in [0.15, 0.2) is 65.1 Å². The van der Waals surface area contributed by atoms with Gasteiger partial charge in [0.15, 0.2) is 0 Å². The molecule has 5 nitrogen and oxygen atoms in total. The number of amides is 1. The Hall–Kier alpha value is -3.75. The van der Waals surface area contributed by atoms with Crippen LogP contribution in [0.25, 0.3) is 33.4 Å². The van der Waals surface area contributed by atoms with Gasteiger partial charge in [0.1, 0.15) is 24.4 Å². The lowest BCUT2D eigenvalue weighted by atomic mass is 9.90. The highest BCUT2D eigenvalue weighted by atomic mass is 35.5. The number of hydrogen-bond acceptors (Lipinski definition) is 3. The third kappa shape index (κ3) is 5.50. The van der Waals surface area contributed by atoms with Crippen LogP contribution in [0.1, 0.15) is 38.1 Å². The molecule has 192 valence electrons. The molecule has 1 amide bonds. The summed E-state index contributed by atoms with van der Waals surface area (Å²) in [4.78, 5) is 15.4. The van der Waals surface area contributed by atoms with Gasteiger partial charge in [-0.1, -0.05) is 24.1 Å². The average molecular weight is 516 g/mol. The zero-order valence-electron chi connectivity index (χ0n) is 22.0. The Balaban J connectivity index is 0.00000380. The first-order chi connectivity index (χ1) is 17.6. The fourth-order valence-electron chi connectivity index (χ4n) is 4.85. The Kier molecular flexibility index (Phi) is 9.38. The first kappa shape index (κ1) is 27.8. The van der Waals surface area contributed by atoms with Gasteiger partial charge in [-0.15, -0.1) is 6.42 Å². The van der Waals surface area contributed by atoms with Gasteiger partial charge in [0.25, 0.3) is 5.91 Å². The van der Waals surface area contributed by atoms with Crippen LogP contribution in [-0.2, 0) is 0 Å².